The molecule has 1 aliphatic heterocycles. The first-order valence-electron chi connectivity index (χ1n) is 9.71. The van der Waals surface area contributed by atoms with Crippen molar-refractivity contribution in [3.63, 3.8) is 0 Å². The van der Waals surface area contributed by atoms with Gasteiger partial charge in [-0.2, -0.15) is 0 Å². The van der Waals surface area contributed by atoms with Gasteiger partial charge in [-0.3, -0.25) is 9.59 Å². The van der Waals surface area contributed by atoms with E-state index in [0.29, 0.717) is 23.4 Å². The van der Waals surface area contributed by atoms with Crippen LogP contribution < -0.4 is 10.6 Å². The second-order valence-electron chi connectivity index (χ2n) is 6.69. The minimum Gasteiger partial charge on any atom is -0.376 e. The maximum atomic E-state index is 12.9. The average Bonchev–Trinajstić information content (AvgIpc) is 3.24. The summed E-state index contributed by atoms with van der Waals surface area (Å²) in [6.07, 6.45) is 3.11. The number of thioether (sulfide) groups is 1. The van der Waals surface area contributed by atoms with Crippen molar-refractivity contribution in [3.8, 4) is 0 Å². The Morgan fingerprint density at radius 1 is 1.07 bits per heavy atom. The molecule has 0 aliphatic carbocycles. The van der Waals surface area contributed by atoms with Gasteiger partial charge in [0.1, 0.15) is 0 Å². The van der Waals surface area contributed by atoms with Crippen LogP contribution >= 0.6 is 11.8 Å². The molecule has 0 radical (unpaired) electrons. The van der Waals surface area contributed by atoms with Crippen LogP contribution in [0.3, 0.4) is 0 Å². The maximum Gasteiger partial charge on any atom is 0.256 e. The van der Waals surface area contributed by atoms with E-state index in [4.69, 9.17) is 4.74 Å². The first kappa shape index (κ1) is 20.4. The fourth-order valence-corrected chi connectivity index (χ4v) is 3.99. The van der Waals surface area contributed by atoms with E-state index >= 15 is 0 Å². The number of ether oxygens (including phenoxy) is 1. The molecule has 148 valence electrons. The van der Waals surface area contributed by atoms with Gasteiger partial charge in [-0.25, -0.2) is 0 Å². The summed E-state index contributed by atoms with van der Waals surface area (Å²) in [4.78, 5) is 26.4. The summed E-state index contributed by atoms with van der Waals surface area (Å²) in [7, 11) is 0. The summed E-state index contributed by atoms with van der Waals surface area (Å²) < 4.78 is 5.55. The predicted octanol–water partition coefficient (Wildman–Crippen LogP) is 4.35. The number of carbonyl (C=O) groups excluding carboxylic acids is 2. The summed E-state index contributed by atoms with van der Waals surface area (Å²) in [5, 5.41) is 5.82. The van der Waals surface area contributed by atoms with Gasteiger partial charge >= 0.3 is 0 Å². The summed E-state index contributed by atoms with van der Waals surface area (Å²) >= 11 is 1.66. The molecule has 0 saturated carbocycles. The zero-order valence-electron chi connectivity index (χ0n) is 16.1. The second-order valence-corrected chi connectivity index (χ2v) is 7.83. The molecule has 3 rings (SSSR count). The molecule has 1 unspecified atom stereocenters. The smallest absolute Gasteiger partial charge is 0.256 e. The Balaban J connectivity index is 1.70. The quantitative estimate of drug-likeness (QED) is 0.649. The van der Waals surface area contributed by atoms with Gasteiger partial charge in [0.2, 0.25) is 0 Å². The van der Waals surface area contributed by atoms with Crippen LogP contribution in [0.5, 0.6) is 0 Å². The van der Waals surface area contributed by atoms with Crippen LogP contribution in [-0.2, 0) is 4.74 Å². The minimum atomic E-state index is -0.210. The molecule has 1 heterocycles. The van der Waals surface area contributed by atoms with Crippen molar-refractivity contribution in [3.05, 3.63) is 59.7 Å². The van der Waals surface area contributed by atoms with E-state index in [-0.39, 0.29) is 17.9 Å². The topological polar surface area (TPSA) is 67.4 Å². The van der Waals surface area contributed by atoms with Gasteiger partial charge in [-0.1, -0.05) is 31.2 Å². The van der Waals surface area contributed by atoms with Crippen molar-refractivity contribution in [1.29, 1.82) is 0 Å². The van der Waals surface area contributed by atoms with E-state index < -0.39 is 0 Å². The fourth-order valence-electron chi connectivity index (χ4n) is 3.08. The van der Waals surface area contributed by atoms with Crippen molar-refractivity contribution in [2.24, 2.45) is 0 Å². The monoisotopic (exact) mass is 398 g/mol. The standard InChI is InChI=1S/C22H26N2O3S/c1-2-14-28-20-12-6-4-10-18(20)22(26)24-19-11-5-3-9-17(19)21(25)23-15-16-8-7-13-27-16/h3-6,9-12,16H,2,7-8,13-15H2,1H3,(H,23,25)(H,24,26). The highest BCUT2D eigenvalue weighted by Gasteiger charge is 2.19. The van der Waals surface area contributed by atoms with Gasteiger partial charge in [-0.05, 0) is 49.3 Å². The molecular weight excluding hydrogens is 372 g/mol. The van der Waals surface area contributed by atoms with Gasteiger partial charge in [0.05, 0.1) is 22.9 Å². The summed E-state index contributed by atoms with van der Waals surface area (Å²) in [6.45, 7) is 3.35. The Labute approximate surface area is 170 Å². The maximum absolute atomic E-state index is 12.9. The fraction of sp³-hybridized carbons (Fsp3) is 0.364. The highest BCUT2D eigenvalue weighted by Crippen LogP contribution is 2.25. The van der Waals surface area contributed by atoms with Gasteiger partial charge in [0.15, 0.2) is 0 Å². The summed E-state index contributed by atoms with van der Waals surface area (Å²) in [5.74, 6) is 0.533. The molecule has 2 aromatic carbocycles. The van der Waals surface area contributed by atoms with Crippen LogP contribution in [-0.4, -0.2) is 36.8 Å². The van der Waals surface area contributed by atoms with Crippen molar-refractivity contribution in [2.45, 2.75) is 37.2 Å². The molecule has 2 N–H and O–H groups in total. The van der Waals surface area contributed by atoms with Crippen LogP contribution in [0.2, 0.25) is 0 Å². The number of hydrogen-bond acceptors (Lipinski definition) is 4. The largest absolute Gasteiger partial charge is 0.376 e. The highest BCUT2D eigenvalue weighted by atomic mass is 32.2. The summed E-state index contributed by atoms with van der Waals surface area (Å²) in [6, 6.07) is 14.6. The molecule has 2 aromatic rings. The number of anilines is 1. The van der Waals surface area contributed by atoms with Gasteiger partial charge in [0.25, 0.3) is 11.8 Å². The number of nitrogens with one attached hydrogen (secondary N) is 2. The van der Waals surface area contributed by atoms with Gasteiger partial charge < -0.3 is 15.4 Å². The zero-order chi connectivity index (χ0) is 19.8. The molecule has 1 fully saturated rings. The Morgan fingerprint density at radius 2 is 1.82 bits per heavy atom. The molecule has 0 bridgehead atoms. The Kier molecular flexibility index (Phi) is 7.51. The van der Waals surface area contributed by atoms with Crippen molar-refractivity contribution >= 4 is 29.3 Å². The van der Waals surface area contributed by atoms with E-state index in [0.717, 1.165) is 36.5 Å². The number of carbonyl (C=O) groups is 2. The molecule has 1 saturated heterocycles. The SMILES string of the molecule is CCCSc1ccccc1C(=O)Nc1ccccc1C(=O)NCC1CCCO1. The van der Waals surface area contributed by atoms with Crippen molar-refractivity contribution in [2.75, 3.05) is 24.2 Å². The number of rotatable bonds is 8. The third-order valence-corrected chi connectivity index (χ3v) is 5.81. The van der Waals surface area contributed by atoms with Gasteiger partial charge in [-0.15, -0.1) is 11.8 Å². The molecule has 0 aromatic heterocycles. The third kappa shape index (κ3) is 5.36. The predicted molar refractivity (Wildman–Crippen MR) is 113 cm³/mol. The van der Waals surface area contributed by atoms with E-state index in [1.807, 2.05) is 30.3 Å². The number of hydrogen-bond donors (Lipinski definition) is 2. The first-order chi connectivity index (χ1) is 13.7. The lowest BCUT2D eigenvalue weighted by molar-refractivity contribution is 0.0858. The number of benzene rings is 2. The zero-order valence-corrected chi connectivity index (χ0v) is 16.9. The first-order valence-corrected chi connectivity index (χ1v) is 10.7. The van der Waals surface area contributed by atoms with Crippen LogP contribution in [0.15, 0.2) is 53.4 Å². The minimum absolute atomic E-state index is 0.0770. The van der Waals surface area contributed by atoms with Crippen LogP contribution in [0.4, 0.5) is 5.69 Å². The summed E-state index contributed by atoms with van der Waals surface area (Å²) in [5.41, 5.74) is 1.58. The molecule has 2 amide bonds. The van der Waals surface area contributed by atoms with E-state index in [1.165, 1.54) is 0 Å². The van der Waals surface area contributed by atoms with Gasteiger partial charge in [0, 0.05) is 18.0 Å². The number of para-hydroxylation sites is 1. The normalized spacial score (nSPS) is 16.0. The Bertz CT molecular complexity index is 819. The highest BCUT2D eigenvalue weighted by molar-refractivity contribution is 7.99. The lowest BCUT2D eigenvalue weighted by Gasteiger charge is -2.14. The van der Waals surface area contributed by atoms with Crippen molar-refractivity contribution < 1.29 is 14.3 Å². The number of amides is 2. The molecule has 6 heteroatoms. The van der Waals surface area contributed by atoms with E-state index in [1.54, 1.807) is 30.0 Å². The van der Waals surface area contributed by atoms with Crippen molar-refractivity contribution in [1.82, 2.24) is 5.32 Å². The molecule has 0 spiro atoms. The molecular formula is C22H26N2O3S. The Hall–Kier alpha value is -2.31. The molecule has 28 heavy (non-hydrogen) atoms. The molecule has 1 atom stereocenters. The van der Waals surface area contributed by atoms with E-state index in [2.05, 4.69) is 17.6 Å². The second kappa shape index (κ2) is 10.3. The Morgan fingerprint density at radius 3 is 2.57 bits per heavy atom. The van der Waals surface area contributed by atoms with Crippen LogP contribution in [0.25, 0.3) is 0 Å². The lowest BCUT2D eigenvalue weighted by atomic mass is 10.1. The third-order valence-electron chi connectivity index (χ3n) is 4.53. The molecule has 5 nitrogen and oxygen atoms in total. The molecule has 1 aliphatic rings. The van der Waals surface area contributed by atoms with Crippen LogP contribution in [0.1, 0.15) is 46.9 Å². The average molecular weight is 399 g/mol. The lowest BCUT2D eigenvalue weighted by Crippen LogP contribution is -2.32. The van der Waals surface area contributed by atoms with Crippen LogP contribution in [0, 0.1) is 0 Å². The van der Waals surface area contributed by atoms with E-state index in [9.17, 15) is 9.59 Å².